The second-order valence-corrected chi connectivity index (χ2v) is 11.1. The highest BCUT2D eigenvalue weighted by atomic mass is 35.5. The van der Waals surface area contributed by atoms with Crippen LogP contribution in [-0.4, -0.2) is 11.8 Å². The number of ether oxygens (including phenoxy) is 1. The molecule has 0 radical (unpaired) electrons. The second-order valence-electron chi connectivity index (χ2n) is 9.75. The van der Waals surface area contributed by atoms with Crippen molar-refractivity contribution in [3.63, 3.8) is 0 Å². The number of carbonyl (C=O) groups is 2. The largest absolute Gasteiger partial charge is 0.457 e. The lowest BCUT2D eigenvalue weighted by Crippen LogP contribution is -2.56. The SMILES string of the molecule is N#Cc1ccc(Oc2ccc(Cl)cc2C2NC(=O)CC(c3cccc(Cl)c3)C23C(=O)Nc2cc(Cl)ccc23)cc1. The number of amides is 2. The van der Waals surface area contributed by atoms with E-state index in [-0.39, 0.29) is 18.2 Å². The summed E-state index contributed by atoms with van der Waals surface area (Å²) in [6, 6.07) is 25.4. The minimum absolute atomic E-state index is 0.0543. The average molecular weight is 589 g/mol. The van der Waals surface area contributed by atoms with Crippen molar-refractivity contribution < 1.29 is 14.3 Å². The number of halogens is 3. The number of fused-ring (bicyclic) bond motifs is 2. The van der Waals surface area contributed by atoms with Crippen molar-refractivity contribution in [2.45, 2.75) is 23.8 Å². The highest BCUT2D eigenvalue weighted by Gasteiger charge is 2.61. The van der Waals surface area contributed by atoms with Gasteiger partial charge < -0.3 is 15.4 Å². The predicted molar refractivity (Wildman–Crippen MR) is 154 cm³/mol. The van der Waals surface area contributed by atoms with Gasteiger partial charge in [0.2, 0.25) is 11.8 Å². The highest BCUT2D eigenvalue weighted by Crippen LogP contribution is 2.58. The molecule has 3 atom stereocenters. The molecule has 4 aromatic rings. The molecular formula is C31H20Cl3N3O3. The zero-order chi connectivity index (χ0) is 28.0. The lowest BCUT2D eigenvalue weighted by molar-refractivity contribution is -0.131. The molecule has 1 spiro atoms. The third kappa shape index (κ3) is 4.37. The van der Waals surface area contributed by atoms with Crippen LogP contribution in [0.15, 0.2) is 84.9 Å². The van der Waals surface area contributed by atoms with E-state index in [0.29, 0.717) is 48.9 Å². The van der Waals surface area contributed by atoms with E-state index in [9.17, 15) is 9.59 Å². The molecule has 1 saturated heterocycles. The van der Waals surface area contributed by atoms with Gasteiger partial charge in [-0.25, -0.2) is 0 Å². The zero-order valence-electron chi connectivity index (χ0n) is 20.8. The Morgan fingerprint density at radius 1 is 0.875 bits per heavy atom. The van der Waals surface area contributed by atoms with Gasteiger partial charge in [-0.15, -0.1) is 0 Å². The summed E-state index contributed by atoms with van der Waals surface area (Å²) < 4.78 is 6.26. The Bertz CT molecular complexity index is 1720. The number of nitrogens with one attached hydrogen (secondary N) is 2. The Labute approximate surface area is 245 Å². The maximum atomic E-state index is 14.3. The number of carbonyl (C=O) groups excluding carboxylic acids is 2. The van der Waals surface area contributed by atoms with Crippen LogP contribution < -0.4 is 15.4 Å². The van der Waals surface area contributed by atoms with E-state index in [4.69, 9.17) is 44.8 Å². The van der Waals surface area contributed by atoms with Crippen LogP contribution >= 0.6 is 34.8 Å². The van der Waals surface area contributed by atoms with Gasteiger partial charge in [0.1, 0.15) is 16.9 Å². The number of benzene rings is 4. The first-order chi connectivity index (χ1) is 19.3. The summed E-state index contributed by atoms with van der Waals surface area (Å²) in [7, 11) is 0. The number of nitrogens with zero attached hydrogens (tertiary/aromatic N) is 1. The Morgan fingerprint density at radius 2 is 1.60 bits per heavy atom. The zero-order valence-corrected chi connectivity index (χ0v) is 23.0. The predicted octanol–water partition coefficient (Wildman–Crippen LogP) is 7.55. The molecular weight excluding hydrogens is 569 g/mol. The molecule has 0 saturated carbocycles. The normalized spacial score (nSPS) is 21.4. The number of rotatable bonds is 4. The molecule has 0 bridgehead atoms. The first kappa shape index (κ1) is 26.2. The van der Waals surface area contributed by atoms with Gasteiger partial charge in [-0.3, -0.25) is 9.59 Å². The Hall–Kier alpha value is -4.02. The average Bonchev–Trinajstić information content (AvgIpc) is 3.22. The van der Waals surface area contributed by atoms with E-state index in [2.05, 4.69) is 16.7 Å². The molecule has 0 aromatic heterocycles. The van der Waals surface area contributed by atoms with Crippen LogP contribution in [0.3, 0.4) is 0 Å². The first-order valence-corrected chi connectivity index (χ1v) is 13.6. The van der Waals surface area contributed by atoms with Gasteiger partial charge in [0.05, 0.1) is 17.7 Å². The van der Waals surface area contributed by atoms with Crippen molar-refractivity contribution in [1.82, 2.24) is 5.32 Å². The van der Waals surface area contributed by atoms with Gasteiger partial charge in [0.15, 0.2) is 0 Å². The number of anilines is 1. The molecule has 1 fully saturated rings. The maximum absolute atomic E-state index is 14.3. The van der Waals surface area contributed by atoms with Crippen LogP contribution in [0, 0.1) is 11.3 Å². The van der Waals surface area contributed by atoms with Gasteiger partial charge >= 0.3 is 0 Å². The van der Waals surface area contributed by atoms with Crippen LogP contribution in [0.2, 0.25) is 15.1 Å². The summed E-state index contributed by atoms with van der Waals surface area (Å²) in [6.07, 6.45) is 0.0543. The summed E-state index contributed by atoms with van der Waals surface area (Å²) >= 11 is 19.2. The van der Waals surface area contributed by atoms with Crippen LogP contribution in [0.25, 0.3) is 0 Å². The molecule has 2 aliphatic rings. The molecule has 2 amide bonds. The molecule has 198 valence electrons. The number of hydrogen-bond acceptors (Lipinski definition) is 4. The highest BCUT2D eigenvalue weighted by molar-refractivity contribution is 6.31. The topological polar surface area (TPSA) is 91.2 Å². The molecule has 3 unspecified atom stereocenters. The number of nitriles is 1. The molecule has 40 heavy (non-hydrogen) atoms. The van der Waals surface area contributed by atoms with Crippen molar-refractivity contribution >= 4 is 52.3 Å². The minimum Gasteiger partial charge on any atom is -0.457 e. The van der Waals surface area contributed by atoms with Crippen LogP contribution in [0.4, 0.5) is 5.69 Å². The van der Waals surface area contributed by atoms with E-state index >= 15 is 0 Å². The molecule has 6 rings (SSSR count). The fourth-order valence-electron chi connectivity index (χ4n) is 5.83. The van der Waals surface area contributed by atoms with Crippen molar-refractivity contribution in [3.05, 3.63) is 122 Å². The summed E-state index contributed by atoms with van der Waals surface area (Å²) in [5.41, 5.74) is 1.75. The molecule has 4 aromatic carbocycles. The fraction of sp³-hybridized carbons (Fsp3) is 0.129. The summed E-state index contributed by atoms with van der Waals surface area (Å²) in [4.78, 5) is 27.6. The maximum Gasteiger partial charge on any atom is 0.238 e. The van der Waals surface area contributed by atoms with Gasteiger partial charge in [0, 0.05) is 38.7 Å². The van der Waals surface area contributed by atoms with Gasteiger partial charge in [-0.1, -0.05) is 53.0 Å². The third-order valence-electron chi connectivity index (χ3n) is 7.50. The van der Waals surface area contributed by atoms with Crippen LogP contribution in [0.1, 0.15) is 40.6 Å². The van der Waals surface area contributed by atoms with Crippen molar-refractivity contribution in [1.29, 1.82) is 5.26 Å². The molecule has 9 heteroatoms. The van der Waals surface area contributed by atoms with Crippen molar-refractivity contribution in [2.75, 3.05) is 5.32 Å². The molecule has 0 aliphatic carbocycles. The molecule has 2 N–H and O–H groups in total. The van der Waals surface area contributed by atoms with E-state index in [1.807, 2.05) is 12.1 Å². The standard InChI is InChI=1S/C31H20Cl3N3O3/c32-19-3-1-2-18(12-19)25-15-28(38)37-29(31(25)24-10-6-21(34)14-26(24)36-30(31)39)23-13-20(33)7-11-27(23)40-22-8-4-17(16-35)5-9-22/h1-14,25,29H,15H2,(H,36,39)(H,37,38). The number of hydrogen-bond donors (Lipinski definition) is 2. The van der Waals surface area contributed by atoms with E-state index in [1.54, 1.807) is 72.8 Å². The Balaban J connectivity index is 1.58. The monoisotopic (exact) mass is 587 g/mol. The lowest BCUT2D eigenvalue weighted by atomic mass is 9.59. The first-order valence-electron chi connectivity index (χ1n) is 12.4. The lowest BCUT2D eigenvalue weighted by Gasteiger charge is -2.46. The van der Waals surface area contributed by atoms with Gasteiger partial charge in [0.25, 0.3) is 0 Å². The van der Waals surface area contributed by atoms with Crippen molar-refractivity contribution in [2.24, 2.45) is 0 Å². The smallest absolute Gasteiger partial charge is 0.238 e. The van der Waals surface area contributed by atoms with Crippen LogP contribution in [0.5, 0.6) is 11.5 Å². The molecule has 2 heterocycles. The van der Waals surface area contributed by atoms with Crippen LogP contribution in [-0.2, 0) is 15.0 Å². The summed E-state index contributed by atoms with van der Waals surface area (Å²) in [5, 5.41) is 16.6. The fourth-order valence-corrected chi connectivity index (χ4v) is 6.38. The molecule has 2 aliphatic heterocycles. The Morgan fingerprint density at radius 3 is 2.35 bits per heavy atom. The van der Waals surface area contributed by atoms with E-state index in [0.717, 1.165) is 5.56 Å². The van der Waals surface area contributed by atoms with E-state index in [1.165, 1.54) is 0 Å². The van der Waals surface area contributed by atoms with Gasteiger partial charge in [-0.05, 0) is 77.9 Å². The Kier molecular flexibility index (Phi) is 6.67. The number of piperidine rings is 1. The second kappa shape index (κ2) is 10.2. The van der Waals surface area contributed by atoms with Crippen molar-refractivity contribution in [3.8, 4) is 17.6 Å². The third-order valence-corrected chi connectivity index (χ3v) is 8.20. The molecule has 6 nitrogen and oxygen atoms in total. The minimum atomic E-state index is -1.29. The van der Waals surface area contributed by atoms with E-state index < -0.39 is 17.4 Å². The van der Waals surface area contributed by atoms with Gasteiger partial charge in [-0.2, -0.15) is 5.26 Å². The summed E-state index contributed by atoms with van der Waals surface area (Å²) in [6.45, 7) is 0. The summed E-state index contributed by atoms with van der Waals surface area (Å²) in [5.74, 6) is -0.216. The quantitative estimate of drug-likeness (QED) is 0.258.